The van der Waals surface area contributed by atoms with Crippen LogP contribution in [-0.4, -0.2) is 13.1 Å². The fraction of sp³-hybridized carbons (Fsp3) is 0.278. The predicted octanol–water partition coefficient (Wildman–Crippen LogP) is 3.68. The van der Waals surface area contributed by atoms with Crippen LogP contribution in [0.1, 0.15) is 25.5 Å². The van der Waals surface area contributed by atoms with E-state index in [0.717, 1.165) is 17.1 Å². The monoisotopic (exact) mass is 299 g/mol. The van der Waals surface area contributed by atoms with Gasteiger partial charge in [-0.1, -0.05) is 30.3 Å². The van der Waals surface area contributed by atoms with Crippen LogP contribution in [0.2, 0.25) is 0 Å². The van der Waals surface area contributed by atoms with E-state index in [2.05, 4.69) is 0 Å². The Bertz CT molecular complexity index is 621. The van der Waals surface area contributed by atoms with Crippen molar-refractivity contribution in [2.75, 3.05) is 7.11 Å². The Hall–Kier alpha value is -2.33. The Morgan fingerprint density at radius 2 is 1.55 bits per heavy atom. The van der Waals surface area contributed by atoms with E-state index in [1.807, 2.05) is 54.6 Å². The topological polar surface area (TPSA) is 61.5 Å². The molecule has 0 aromatic heterocycles. The Balaban J connectivity index is 2.13. The molecular formula is C18H21NO3. The van der Waals surface area contributed by atoms with Gasteiger partial charge in [-0.05, 0) is 43.7 Å². The number of methoxy groups -OCH3 is 1. The molecule has 0 heterocycles. The third-order valence-electron chi connectivity index (χ3n) is 3.71. The van der Waals surface area contributed by atoms with Crippen LogP contribution in [0.15, 0.2) is 54.6 Å². The van der Waals surface area contributed by atoms with E-state index in [9.17, 15) is 4.79 Å². The fourth-order valence-corrected chi connectivity index (χ4v) is 2.17. The maximum absolute atomic E-state index is 11.8. The highest BCUT2D eigenvalue weighted by atomic mass is 16.5. The van der Waals surface area contributed by atoms with Crippen molar-refractivity contribution in [2.45, 2.75) is 19.9 Å². The van der Waals surface area contributed by atoms with Crippen LogP contribution in [0.3, 0.4) is 0 Å². The van der Waals surface area contributed by atoms with Crippen LogP contribution < -0.4 is 10.5 Å². The van der Waals surface area contributed by atoms with Gasteiger partial charge in [-0.25, -0.2) is 0 Å². The summed E-state index contributed by atoms with van der Waals surface area (Å²) in [5.74, 6) is 1.16. The first-order valence-corrected chi connectivity index (χ1v) is 7.12. The van der Waals surface area contributed by atoms with E-state index >= 15 is 0 Å². The molecule has 22 heavy (non-hydrogen) atoms. The van der Waals surface area contributed by atoms with Crippen molar-refractivity contribution < 1.29 is 14.3 Å². The van der Waals surface area contributed by atoms with Gasteiger partial charge in [-0.2, -0.15) is 0 Å². The van der Waals surface area contributed by atoms with Crippen LogP contribution in [0.4, 0.5) is 0 Å². The lowest BCUT2D eigenvalue weighted by Crippen LogP contribution is -2.37. The molecule has 4 heteroatoms. The number of rotatable bonds is 5. The third-order valence-corrected chi connectivity index (χ3v) is 3.71. The fourth-order valence-electron chi connectivity index (χ4n) is 2.17. The highest BCUT2D eigenvalue weighted by Crippen LogP contribution is 2.33. The van der Waals surface area contributed by atoms with Gasteiger partial charge < -0.3 is 15.2 Å². The first-order valence-electron chi connectivity index (χ1n) is 7.12. The molecule has 0 aliphatic carbocycles. The molecule has 0 spiro atoms. The van der Waals surface area contributed by atoms with Gasteiger partial charge in [0.25, 0.3) is 0 Å². The average molecular weight is 299 g/mol. The van der Waals surface area contributed by atoms with E-state index in [1.165, 1.54) is 7.11 Å². The summed E-state index contributed by atoms with van der Waals surface area (Å²) in [6.07, 6.45) is 0. The Labute approximate surface area is 130 Å². The van der Waals surface area contributed by atoms with Crippen LogP contribution >= 0.6 is 0 Å². The SMILES string of the molecule is COC(=O)C(C)(C)[C@H](N)c1ccc(Oc2ccccc2)cc1. The van der Waals surface area contributed by atoms with E-state index in [4.69, 9.17) is 15.2 Å². The zero-order chi connectivity index (χ0) is 16.2. The molecule has 2 N–H and O–H groups in total. The quantitative estimate of drug-likeness (QED) is 0.856. The van der Waals surface area contributed by atoms with E-state index < -0.39 is 11.5 Å². The Morgan fingerprint density at radius 1 is 1.00 bits per heavy atom. The number of hydrogen-bond acceptors (Lipinski definition) is 4. The predicted molar refractivity (Wildman–Crippen MR) is 85.7 cm³/mol. The van der Waals surface area contributed by atoms with Gasteiger partial charge in [0, 0.05) is 6.04 Å². The number of ether oxygens (including phenoxy) is 2. The second kappa shape index (κ2) is 6.62. The summed E-state index contributed by atoms with van der Waals surface area (Å²) in [5, 5.41) is 0. The van der Waals surface area contributed by atoms with Crippen molar-refractivity contribution in [2.24, 2.45) is 11.1 Å². The molecule has 2 rings (SSSR count). The molecule has 0 amide bonds. The molecule has 116 valence electrons. The van der Waals surface area contributed by atoms with Crippen molar-refractivity contribution in [3.05, 3.63) is 60.2 Å². The number of hydrogen-bond donors (Lipinski definition) is 1. The van der Waals surface area contributed by atoms with Crippen molar-refractivity contribution in [3.63, 3.8) is 0 Å². The molecule has 0 radical (unpaired) electrons. The first kappa shape index (κ1) is 16.0. The summed E-state index contributed by atoms with van der Waals surface area (Å²) >= 11 is 0. The zero-order valence-electron chi connectivity index (χ0n) is 13.1. The van der Waals surface area contributed by atoms with Crippen LogP contribution in [0.25, 0.3) is 0 Å². The minimum absolute atomic E-state index is 0.329. The lowest BCUT2D eigenvalue weighted by molar-refractivity contribution is -0.152. The zero-order valence-corrected chi connectivity index (χ0v) is 13.1. The minimum Gasteiger partial charge on any atom is -0.469 e. The molecule has 0 fully saturated rings. The molecule has 2 aromatic rings. The van der Waals surface area contributed by atoms with Crippen molar-refractivity contribution in [1.29, 1.82) is 0 Å². The Morgan fingerprint density at radius 3 is 2.09 bits per heavy atom. The summed E-state index contributed by atoms with van der Waals surface area (Å²) in [6.45, 7) is 3.55. The molecule has 0 unspecified atom stereocenters. The molecule has 0 bridgehead atoms. The maximum Gasteiger partial charge on any atom is 0.313 e. The van der Waals surface area contributed by atoms with Gasteiger partial charge in [0.2, 0.25) is 0 Å². The standard InChI is InChI=1S/C18H21NO3/c1-18(2,17(20)21-3)16(19)13-9-11-15(12-10-13)22-14-7-5-4-6-8-14/h4-12,16H,19H2,1-3H3/t16-/m1/s1. The number of benzene rings is 2. The van der Waals surface area contributed by atoms with Crippen molar-refractivity contribution >= 4 is 5.97 Å². The smallest absolute Gasteiger partial charge is 0.313 e. The molecule has 0 aliphatic heterocycles. The molecule has 0 saturated carbocycles. The van der Waals surface area contributed by atoms with Crippen molar-refractivity contribution in [1.82, 2.24) is 0 Å². The van der Waals surface area contributed by atoms with E-state index in [-0.39, 0.29) is 5.97 Å². The lowest BCUT2D eigenvalue weighted by atomic mass is 9.81. The third kappa shape index (κ3) is 3.46. The molecule has 4 nitrogen and oxygen atoms in total. The van der Waals surface area contributed by atoms with Gasteiger partial charge in [-0.15, -0.1) is 0 Å². The van der Waals surface area contributed by atoms with Crippen LogP contribution in [0.5, 0.6) is 11.5 Å². The second-order valence-corrected chi connectivity index (χ2v) is 5.68. The van der Waals surface area contributed by atoms with Gasteiger partial charge in [0.1, 0.15) is 11.5 Å². The second-order valence-electron chi connectivity index (χ2n) is 5.68. The van der Waals surface area contributed by atoms with Gasteiger partial charge in [-0.3, -0.25) is 4.79 Å². The van der Waals surface area contributed by atoms with Gasteiger partial charge in [0.05, 0.1) is 12.5 Å². The number of esters is 1. The molecule has 0 saturated heterocycles. The summed E-state index contributed by atoms with van der Waals surface area (Å²) < 4.78 is 10.6. The molecular weight excluding hydrogens is 278 g/mol. The lowest BCUT2D eigenvalue weighted by Gasteiger charge is -2.29. The average Bonchev–Trinajstić information content (AvgIpc) is 2.55. The summed E-state index contributed by atoms with van der Waals surface area (Å²) in [4.78, 5) is 11.8. The molecule has 1 atom stereocenters. The summed E-state index contributed by atoms with van der Waals surface area (Å²) in [6, 6.07) is 16.5. The van der Waals surface area contributed by atoms with E-state index in [1.54, 1.807) is 13.8 Å². The first-order chi connectivity index (χ1) is 10.4. The summed E-state index contributed by atoms with van der Waals surface area (Å²) in [5.41, 5.74) is 6.27. The molecule has 2 aromatic carbocycles. The van der Waals surface area contributed by atoms with Gasteiger partial charge >= 0.3 is 5.97 Å². The number of nitrogens with two attached hydrogens (primary N) is 1. The highest BCUT2D eigenvalue weighted by Gasteiger charge is 2.36. The number of carbonyl (C=O) groups excluding carboxylic acids is 1. The van der Waals surface area contributed by atoms with Crippen molar-refractivity contribution in [3.8, 4) is 11.5 Å². The number of para-hydroxylation sites is 1. The maximum atomic E-state index is 11.8. The normalized spacial score (nSPS) is 12.5. The Kier molecular flexibility index (Phi) is 4.83. The van der Waals surface area contributed by atoms with E-state index in [0.29, 0.717) is 0 Å². The molecule has 0 aliphatic rings. The highest BCUT2D eigenvalue weighted by molar-refractivity contribution is 5.77. The minimum atomic E-state index is -0.795. The largest absolute Gasteiger partial charge is 0.469 e. The van der Waals surface area contributed by atoms with Crippen LogP contribution in [-0.2, 0) is 9.53 Å². The van der Waals surface area contributed by atoms with Crippen LogP contribution in [0, 0.1) is 5.41 Å². The van der Waals surface area contributed by atoms with Gasteiger partial charge in [0.15, 0.2) is 0 Å². The number of carbonyl (C=O) groups is 1. The summed E-state index contributed by atoms with van der Waals surface area (Å²) in [7, 11) is 1.37.